The molecule has 2 atom stereocenters. The molecule has 1 aliphatic rings. The Morgan fingerprint density at radius 3 is 2.50 bits per heavy atom. The van der Waals surface area contributed by atoms with Gasteiger partial charge in [-0.3, -0.25) is 0 Å². The highest BCUT2D eigenvalue weighted by Gasteiger charge is 2.26. The second-order valence-corrected chi connectivity index (χ2v) is 4.21. The van der Waals surface area contributed by atoms with Crippen molar-refractivity contribution in [3.8, 4) is 0 Å². The maximum Gasteiger partial charge on any atom is 0.123 e. The molecule has 2 rings (SSSR count). The molecule has 1 aromatic rings. The van der Waals surface area contributed by atoms with E-state index < -0.39 is 0 Å². The maximum absolute atomic E-state index is 12.8. The highest BCUT2D eigenvalue weighted by atomic mass is 19.1. The summed E-state index contributed by atoms with van der Waals surface area (Å²) in [4.78, 5) is 0. The quantitative estimate of drug-likeness (QED) is 0.696. The van der Waals surface area contributed by atoms with Gasteiger partial charge in [0.2, 0.25) is 0 Å². The van der Waals surface area contributed by atoms with Crippen molar-refractivity contribution in [2.24, 2.45) is 0 Å². The molecule has 0 radical (unpaired) electrons. The van der Waals surface area contributed by atoms with Gasteiger partial charge in [-0.1, -0.05) is 25.3 Å². The molecule has 0 aromatic heterocycles. The second-order valence-electron chi connectivity index (χ2n) is 4.21. The minimum Gasteiger partial charge on any atom is -0.366 e. The molecule has 1 nitrogen and oxygen atoms in total. The van der Waals surface area contributed by atoms with Crippen LogP contribution in [0.1, 0.15) is 25.0 Å². The normalized spacial score (nSPS) is 25.9. The van der Waals surface area contributed by atoms with Gasteiger partial charge in [-0.2, -0.15) is 0 Å². The Morgan fingerprint density at radius 2 is 1.88 bits per heavy atom. The fraction of sp³-hybridized carbons (Fsp3) is 0.286. The summed E-state index contributed by atoms with van der Waals surface area (Å²) >= 11 is 0. The van der Waals surface area contributed by atoms with E-state index in [9.17, 15) is 4.39 Å². The summed E-state index contributed by atoms with van der Waals surface area (Å²) in [5.74, 6) is -0.239. The lowest BCUT2D eigenvalue weighted by Gasteiger charge is -2.31. The van der Waals surface area contributed by atoms with Gasteiger partial charge in [0.25, 0.3) is 0 Å². The van der Waals surface area contributed by atoms with Gasteiger partial charge in [0.15, 0.2) is 0 Å². The van der Waals surface area contributed by atoms with E-state index in [-0.39, 0.29) is 18.0 Å². The standard InChI is InChI=1S/C14H15FO/c1-9-8-10(2)16-14(11(9)3)12-4-6-13(15)7-5-12/h4-7,10,14H,1,3,8H2,2H3. The minimum atomic E-state index is -0.239. The molecule has 0 aliphatic carbocycles. The summed E-state index contributed by atoms with van der Waals surface area (Å²) in [5.41, 5.74) is 2.84. The summed E-state index contributed by atoms with van der Waals surface area (Å²) in [7, 11) is 0. The van der Waals surface area contributed by atoms with Gasteiger partial charge >= 0.3 is 0 Å². The second kappa shape index (κ2) is 4.22. The van der Waals surface area contributed by atoms with Crippen LogP contribution in [-0.4, -0.2) is 6.10 Å². The Labute approximate surface area is 95.2 Å². The fourth-order valence-corrected chi connectivity index (χ4v) is 1.94. The van der Waals surface area contributed by atoms with Crippen LogP contribution < -0.4 is 0 Å². The third-order valence-corrected chi connectivity index (χ3v) is 2.85. The predicted octanol–water partition coefficient (Wildman–Crippen LogP) is 3.79. The van der Waals surface area contributed by atoms with Gasteiger partial charge in [-0.25, -0.2) is 4.39 Å². The van der Waals surface area contributed by atoms with Crippen molar-refractivity contribution in [1.29, 1.82) is 0 Å². The Hall–Kier alpha value is -1.41. The molecule has 0 amide bonds. The average molecular weight is 218 g/mol. The Morgan fingerprint density at radius 1 is 1.25 bits per heavy atom. The largest absolute Gasteiger partial charge is 0.366 e. The van der Waals surface area contributed by atoms with Crippen molar-refractivity contribution < 1.29 is 9.13 Å². The SMILES string of the molecule is C=C1CC(C)OC(c2ccc(F)cc2)C1=C. The molecule has 1 saturated heterocycles. The Bertz CT molecular complexity index is 419. The first-order valence-corrected chi connectivity index (χ1v) is 5.36. The van der Waals surface area contributed by atoms with E-state index in [0.717, 1.165) is 23.1 Å². The van der Waals surface area contributed by atoms with Crippen LogP contribution in [0.2, 0.25) is 0 Å². The van der Waals surface area contributed by atoms with Gasteiger partial charge in [0.1, 0.15) is 11.9 Å². The van der Waals surface area contributed by atoms with Crippen molar-refractivity contribution in [2.45, 2.75) is 25.6 Å². The molecule has 1 aromatic carbocycles. The predicted molar refractivity (Wildman–Crippen MR) is 62.6 cm³/mol. The first-order chi connectivity index (χ1) is 7.58. The first kappa shape index (κ1) is 11.1. The molecule has 2 unspecified atom stereocenters. The van der Waals surface area contributed by atoms with Gasteiger partial charge in [-0.05, 0) is 42.2 Å². The lowest BCUT2D eigenvalue weighted by atomic mass is 9.91. The van der Waals surface area contributed by atoms with Gasteiger partial charge < -0.3 is 4.74 Å². The van der Waals surface area contributed by atoms with Crippen LogP contribution in [0, 0.1) is 5.82 Å². The minimum absolute atomic E-state index is 0.132. The smallest absolute Gasteiger partial charge is 0.123 e. The molecule has 0 saturated carbocycles. The van der Waals surface area contributed by atoms with E-state index in [1.807, 2.05) is 6.92 Å². The van der Waals surface area contributed by atoms with Gasteiger partial charge in [-0.15, -0.1) is 0 Å². The molecule has 16 heavy (non-hydrogen) atoms. The molecular weight excluding hydrogens is 203 g/mol. The molecule has 1 aliphatic heterocycles. The summed E-state index contributed by atoms with van der Waals surface area (Å²) in [5, 5.41) is 0. The monoisotopic (exact) mass is 218 g/mol. The number of halogens is 1. The van der Waals surface area contributed by atoms with Crippen LogP contribution >= 0.6 is 0 Å². The van der Waals surface area contributed by atoms with Crippen LogP contribution in [0.5, 0.6) is 0 Å². The zero-order valence-electron chi connectivity index (χ0n) is 9.37. The fourth-order valence-electron chi connectivity index (χ4n) is 1.94. The van der Waals surface area contributed by atoms with Crippen LogP contribution in [0.4, 0.5) is 4.39 Å². The Kier molecular flexibility index (Phi) is 2.92. The van der Waals surface area contributed by atoms with Crippen molar-refractivity contribution in [2.75, 3.05) is 0 Å². The molecule has 2 heteroatoms. The van der Waals surface area contributed by atoms with Crippen LogP contribution in [0.3, 0.4) is 0 Å². The highest BCUT2D eigenvalue weighted by molar-refractivity contribution is 5.38. The van der Waals surface area contributed by atoms with E-state index in [4.69, 9.17) is 4.74 Å². The van der Waals surface area contributed by atoms with Crippen LogP contribution in [-0.2, 0) is 4.74 Å². The molecule has 1 fully saturated rings. The number of hydrogen-bond acceptors (Lipinski definition) is 1. The van der Waals surface area contributed by atoms with Gasteiger partial charge in [0, 0.05) is 0 Å². The van der Waals surface area contributed by atoms with Crippen molar-refractivity contribution in [1.82, 2.24) is 0 Å². The van der Waals surface area contributed by atoms with Crippen molar-refractivity contribution >= 4 is 0 Å². The number of benzene rings is 1. The molecule has 0 N–H and O–H groups in total. The maximum atomic E-state index is 12.8. The van der Waals surface area contributed by atoms with E-state index in [0.29, 0.717) is 0 Å². The zero-order valence-corrected chi connectivity index (χ0v) is 9.37. The lowest BCUT2D eigenvalue weighted by Crippen LogP contribution is -2.22. The van der Waals surface area contributed by atoms with Crippen LogP contribution in [0.15, 0.2) is 48.6 Å². The summed E-state index contributed by atoms with van der Waals surface area (Å²) in [6.07, 6.45) is 0.765. The third kappa shape index (κ3) is 2.07. The molecular formula is C14H15FO. The summed E-state index contributed by atoms with van der Waals surface area (Å²) < 4.78 is 18.6. The van der Waals surface area contributed by atoms with Gasteiger partial charge in [0.05, 0.1) is 6.10 Å². The summed E-state index contributed by atoms with van der Waals surface area (Å²) in [6.45, 7) is 9.98. The highest BCUT2D eigenvalue weighted by Crippen LogP contribution is 2.37. The number of hydrogen-bond donors (Lipinski definition) is 0. The number of ether oxygens (including phenoxy) is 1. The first-order valence-electron chi connectivity index (χ1n) is 5.36. The molecule has 84 valence electrons. The third-order valence-electron chi connectivity index (χ3n) is 2.85. The molecule has 0 spiro atoms. The number of rotatable bonds is 1. The average Bonchev–Trinajstić information content (AvgIpc) is 2.25. The molecule has 0 bridgehead atoms. The van der Waals surface area contributed by atoms with E-state index >= 15 is 0 Å². The summed E-state index contributed by atoms with van der Waals surface area (Å²) in [6, 6.07) is 6.34. The zero-order chi connectivity index (χ0) is 11.7. The van der Waals surface area contributed by atoms with E-state index in [1.54, 1.807) is 12.1 Å². The van der Waals surface area contributed by atoms with Crippen LogP contribution in [0.25, 0.3) is 0 Å². The van der Waals surface area contributed by atoms with Crippen molar-refractivity contribution in [3.63, 3.8) is 0 Å². The van der Waals surface area contributed by atoms with E-state index in [1.165, 1.54) is 12.1 Å². The Balaban J connectivity index is 2.28. The van der Waals surface area contributed by atoms with E-state index in [2.05, 4.69) is 13.2 Å². The topological polar surface area (TPSA) is 9.23 Å². The van der Waals surface area contributed by atoms with Crippen molar-refractivity contribution in [3.05, 3.63) is 60.0 Å². The molecule has 1 heterocycles. The lowest BCUT2D eigenvalue weighted by molar-refractivity contribution is 0.00489.